The summed E-state index contributed by atoms with van der Waals surface area (Å²) in [4.78, 5) is 30.0. The van der Waals surface area contributed by atoms with E-state index in [0.717, 1.165) is 10.9 Å². The molecular weight excluding hydrogens is 386 g/mol. The van der Waals surface area contributed by atoms with Gasteiger partial charge in [-0.2, -0.15) is 0 Å². The standard InChI is InChI=1S/C21H21N5O4/c22-19(23)13-1-4-14(5-2-13)25-20(28)17(27)18-21(29)26(9-10-30-18)15-6-3-12-7-8-24-16(12)11-15/h1-8,11,17-18,24,27H,9-10H2,(H3,22,23)(H,25,28)/t17?,18-/m1/s1. The number of aromatic nitrogens is 1. The van der Waals surface area contributed by atoms with Gasteiger partial charge in [-0.25, -0.2) is 0 Å². The van der Waals surface area contributed by atoms with Crippen LogP contribution in [0.1, 0.15) is 5.56 Å². The van der Waals surface area contributed by atoms with Crippen LogP contribution in [0.15, 0.2) is 54.7 Å². The Balaban J connectivity index is 1.47. The Morgan fingerprint density at radius 1 is 1.27 bits per heavy atom. The van der Waals surface area contributed by atoms with Crippen LogP contribution >= 0.6 is 0 Å². The zero-order valence-corrected chi connectivity index (χ0v) is 16.0. The number of nitrogen functional groups attached to an aromatic ring is 1. The lowest BCUT2D eigenvalue weighted by Crippen LogP contribution is -2.55. The maximum Gasteiger partial charge on any atom is 0.259 e. The van der Waals surface area contributed by atoms with Crippen molar-refractivity contribution in [3.63, 3.8) is 0 Å². The Morgan fingerprint density at radius 3 is 2.77 bits per heavy atom. The summed E-state index contributed by atoms with van der Waals surface area (Å²) < 4.78 is 5.43. The van der Waals surface area contributed by atoms with Crippen LogP contribution in [0.2, 0.25) is 0 Å². The molecule has 0 aliphatic carbocycles. The van der Waals surface area contributed by atoms with Crippen LogP contribution in [-0.2, 0) is 14.3 Å². The van der Waals surface area contributed by atoms with E-state index < -0.39 is 24.0 Å². The quantitative estimate of drug-likeness (QED) is 0.319. The number of hydrogen-bond donors (Lipinski definition) is 5. The Labute approximate surface area is 171 Å². The minimum atomic E-state index is -1.68. The first kappa shape index (κ1) is 19.6. The third-order valence-corrected chi connectivity index (χ3v) is 4.99. The van der Waals surface area contributed by atoms with Gasteiger partial charge in [0, 0.05) is 35.2 Å². The van der Waals surface area contributed by atoms with Crippen LogP contribution in [-0.4, -0.2) is 53.1 Å². The molecule has 9 nitrogen and oxygen atoms in total. The summed E-state index contributed by atoms with van der Waals surface area (Å²) >= 11 is 0. The molecule has 2 amide bonds. The molecule has 1 fully saturated rings. The molecule has 0 radical (unpaired) electrons. The molecule has 2 heterocycles. The second kappa shape index (κ2) is 7.97. The van der Waals surface area contributed by atoms with Gasteiger partial charge in [-0.3, -0.25) is 15.0 Å². The van der Waals surface area contributed by atoms with Crippen molar-refractivity contribution in [3.05, 3.63) is 60.3 Å². The SMILES string of the molecule is N=C(N)c1ccc(NC(=O)C(O)[C@H]2OCCN(c3ccc4cc[nH]c4c3)C2=O)cc1. The van der Waals surface area contributed by atoms with E-state index in [1.165, 1.54) is 4.90 Å². The Kier molecular flexibility index (Phi) is 5.21. The maximum atomic E-state index is 12.9. The van der Waals surface area contributed by atoms with E-state index in [-0.39, 0.29) is 12.4 Å². The molecule has 1 saturated heterocycles. The first-order chi connectivity index (χ1) is 14.4. The number of anilines is 2. The zero-order chi connectivity index (χ0) is 21.3. The van der Waals surface area contributed by atoms with Gasteiger partial charge in [-0.15, -0.1) is 0 Å². The third-order valence-electron chi connectivity index (χ3n) is 4.99. The molecule has 30 heavy (non-hydrogen) atoms. The maximum absolute atomic E-state index is 12.9. The molecule has 1 aliphatic rings. The molecule has 1 aromatic heterocycles. The third kappa shape index (κ3) is 3.76. The number of rotatable bonds is 5. The molecule has 4 rings (SSSR count). The van der Waals surface area contributed by atoms with E-state index in [1.54, 1.807) is 24.3 Å². The lowest BCUT2D eigenvalue weighted by Gasteiger charge is -2.34. The van der Waals surface area contributed by atoms with E-state index in [4.69, 9.17) is 15.9 Å². The number of fused-ring (bicyclic) bond motifs is 1. The average molecular weight is 407 g/mol. The zero-order valence-electron chi connectivity index (χ0n) is 16.0. The number of nitrogens with two attached hydrogens (primary N) is 1. The monoisotopic (exact) mass is 407 g/mol. The number of amidine groups is 1. The number of nitrogens with zero attached hydrogens (tertiary/aromatic N) is 1. The number of hydrogen-bond acceptors (Lipinski definition) is 5. The van der Waals surface area contributed by atoms with Crippen LogP contribution in [0.4, 0.5) is 11.4 Å². The molecule has 2 aromatic carbocycles. The second-order valence-corrected chi connectivity index (χ2v) is 6.96. The molecule has 9 heteroatoms. The van der Waals surface area contributed by atoms with Gasteiger partial charge in [0.2, 0.25) is 0 Å². The lowest BCUT2D eigenvalue weighted by atomic mass is 10.1. The van der Waals surface area contributed by atoms with E-state index in [2.05, 4.69) is 10.3 Å². The van der Waals surface area contributed by atoms with Crippen LogP contribution in [0.5, 0.6) is 0 Å². The number of aliphatic hydroxyl groups excluding tert-OH is 1. The summed E-state index contributed by atoms with van der Waals surface area (Å²) in [5.74, 6) is -1.33. The van der Waals surface area contributed by atoms with E-state index in [1.807, 2.05) is 30.5 Å². The van der Waals surface area contributed by atoms with Crippen LogP contribution in [0.3, 0.4) is 0 Å². The molecule has 1 unspecified atom stereocenters. The van der Waals surface area contributed by atoms with E-state index in [0.29, 0.717) is 23.5 Å². The second-order valence-electron chi connectivity index (χ2n) is 6.96. The number of benzene rings is 2. The molecule has 6 N–H and O–H groups in total. The van der Waals surface area contributed by atoms with Crippen molar-refractivity contribution in [2.24, 2.45) is 5.73 Å². The normalized spacial score (nSPS) is 17.7. The number of H-pyrrole nitrogens is 1. The average Bonchev–Trinajstić information content (AvgIpc) is 3.21. The number of morpholine rings is 1. The summed E-state index contributed by atoms with van der Waals surface area (Å²) in [6, 6.07) is 13.8. The summed E-state index contributed by atoms with van der Waals surface area (Å²) in [7, 11) is 0. The summed E-state index contributed by atoms with van der Waals surface area (Å²) in [6.07, 6.45) is -1.17. The lowest BCUT2D eigenvalue weighted by molar-refractivity contribution is -0.150. The highest BCUT2D eigenvalue weighted by Gasteiger charge is 2.39. The molecule has 2 atom stereocenters. The number of carbonyl (C=O) groups is 2. The number of nitrogens with one attached hydrogen (secondary N) is 3. The highest BCUT2D eigenvalue weighted by molar-refractivity contribution is 6.04. The highest BCUT2D eigenvalue weighted by atomic mass is 16.5. The van der Waals surface area contributed by atoms with Crippen molar-refractivity contribution in [1.29, 1.82) is 5.41 Å². The van der Waals surface area contributed by atoms with Crippen molar-refractivity contribution >= 4 is 39.9 Å². The Bertz CT molecular complexity index is 1110. The number of aliphatic hydroxyl groups is 1. The molecule has 154 valence electrons. The largest absolute Gasteiger partial charge is 0.384 e. The fraction of sp³-hybridized carbons (Fsp3) is 0.190. The smallest absolute Gasteiger partial charge is 0.259 e. The van der Waals surface area contributed by atoms with Gasteiger partial charge in [0.15, 0.2) is 12.2 Å². The van der Waals surface area contributed by atoms with Crippen LogP contribution in [0.25, 0.3) is 10.9 Å². The van der Waals surface area contributed by atoms with Crippen molar-refractivity contribution < 1.29 is 19.4 Å². The van der Waals surface area contributed by atoms with Crippen molar-refractivity contribution in [2.75, 3.05) is 23.4 Å². The molecular formula is C21H21N5O4. The topological polar surface area (TPSA) is 145 Å². The van der Waals surface area contributed by atoms with E-state index in [9.17, 15) is 14.7 Å². The van der Waals surface area contributed by atoms with Crippen LogP contribution < -0.4 is 16.0 Å². The van der Waals surface area contributed by atoms with E-state index >= 15 is 0 Å². The Morgan fingerprint density at radius 2 is 2.03 bits per heavy atom. The van der Waals surface area contributed by atoms with Gasteiger partial charge >= 0.3 is 0 Å². The van der Waals surface area contributed by atoms with Crippen molar-refractivity contribution in [3.8, 4) is 0 Å². The highest BCUT2D eigenvalue weighted by Crippen LogP contribution is 2.25. The van der Waals surface area contributed by atoms with Gasteiger partial charge in [-0.05, 0) is 47.9 Å². The van der Waals surface area contributed by atoms with Gasteiger partial charge in [0.25, 0.3) is 11.8 Å². The molecule has 0 bridgehead atoms. The number of aromatic amines is 1. The fourth-order valence-electron chi connectivity index (χ4n) is 3.38. The molecule has 1 aliphatic heterocycles. The minimum absolute atomic E-state index is 0.0910. The molecule has 0 spiro atoms. The predicted molar refractivity (Wildman–Crippen MR) is 112 cm³/mol. The van der Waals surface area contributed by atoms with Crippen molar-refractivity contribution in [2.45, 2.75) is 12.2 Å². The summed E-state index contributed by atoms with van der Waals surface area (Å²) in [6.45, 7) is 0.513. The van der Waals surface area contributed by atoms with Gasteiger partial charge in [-0.1, -0.05) is 6.07 Å². The van der Waals surface area contributed by atoms with Crippen molar-refractivity contribution in [1.82, 2.24) is 4.98 Å². The summed E-state index contributed by atoms with van der Waals surface area (Å²) in [5.41, 5.74) is 7.87. The number of amides is 2. The first-order valence-electron chi connectivity index (χ1n) is 9.37. The minimum Gasteiger partial charge on any atom is -0.384 e. The van der Waals surface area contributed by atoms with Gasteiger partial charge < -0.3 is 30.8 Å². The molecule has 3 aromatic rings. The fourth-order valence-corrected chi connectivity index (χ4v) is 3.38. The van der Waals surface area contributed by atoms with Gasteiger partial charge in [0.05, 0.1) is 6.61 Å². The molecule has 0 saturated carbocycles. The predicted octanol–water partition coefficient (Wildman–Crippen LogP) is 1.18. The Hall–Kier alpha value is -3.69. The number of carbonyl (C=O) groups excluding carboxylic acids is 2. The summed E-state index contributed by atoms with van der Waals surface area (Å²) in [5, 5.41) is 21.4. The number of ether oxygens (including phenoxy) is 1. The van der Waals surface area contributed by atoms with Gasteiger partial charge in [0.1, 0.15) is 5.84 Å². The van der Waals surface area contributed by atoms with Crippen LogP contribution in [0, 0.1) is 5.41 Å². The first-order valence-corrected chi connectivity index (χ1v) is 9.37.